The standard InChI is InChI=1S/C21H27N3OS/c1-16-5-3-4-12-24(16)14-19-8-6-18(7-9-19)13-22-21(25)11-10-20-15-26-17(2)23-20/h6-11,15-16H,3-5,12-14H2,1-2H3,(H,22,25). The molecule has 1 aromatic carbocycles. The van der Waals surface area contributed by atoms with Crippen LogP contribution in [0.15, 0.2) is 35.7 Å². The summed E-state index contributed by atoms with van der Waals surface area (Å²) >= 11 is 1.58. The van der Waals surface area contributed by atoms with Crippen molar-refractivity contribution in [3.8, 4) is 0 Å². The van der Waals surface area contributed by atoms with Gasteiger partial charge in [0, 0.05) is 30.6 Å². The Morgan fingerprint density at radius 3 is 2.77 bits per heavy atom. The molecule has 2 aromatic rings. The monoisotopic (exact) mass is 369 g/mol. The summed E-state index contributed by atoms with van der Waals surface area (Å²) in [4.78, 5) is 18.8. The average molecular weight is 370 g/mol. The number of nitrogens with one attached hydrogen (secondary N) is 1. The highest BCUT2D eigenvalue weighted by Crippen LogP contribution is 2.19. The molecule has 0 radical (unpaired) electrons. The summed E-state index contributed by atoms with van der Waals surface area (Å²) in [6, 6.07) is 9.25. The minimum atomic E-state index is -0.0955. The normalized spacial score (nSPS) is 18.3. The van der Waals surface area contributed by atoms with Gasteiger partial charge in [-0.1, -0.05) is 30.7 Å². The Balaban J connectivity index is 1.46. The number of hydrogen-bond donors (Lipinski definition) is 1. The number of thiazole rings is 1. The van der Waals surface area contributed by atoms with Crippen LogP contribution >= 0.6 is 11.3 Å². The molecule has 0 bridgehead atoms. The Labute approximate surface area is 160 Å². The van der Waals surface area contributed by atoms with Gasteiger partial charge in [-0.05, 0) is 50.4 Å². The molecule has 138 valence electrons. The van der Waals surface area contributed by atoms with E-state index in [2.05, 4.69) is 46.4 Å². The average Bonchev–Trinajstić information content (AvgIpc) is 3.07. The maximum Gasteiger partial charge on any atom is 0.244 e. The first-order valence-electron chi connectivity index (χ1n) is 9.30. The minimum absolute atomic E-state index is 0.0955. The second-order valence-electron chi connectivity index (χ2n) is 6.97. The first-order chi connectivity index (χ1) is 12.6. The number of likely N-dealkylation sites (tertiary alicyclic amines) is 1. The van der Waals surface area contributed by atoms with Crippen LogP contribution < -0.4 is 5.32 Å². The van der Waals surface area contributed by atoms with Gasteiger partial charge >= 0.3 is 0 Å². The summed E-state index contributed by atoms with van der Waals surface area (Å²) in [7, 11) is 0. The molecule has 3 rings (SSSR count). The minimum Gasteiger partial charge on any atom is -0.348 e. The van der Waals surface area contributed by atoms with Crippen molar-refractivity contribution >= 4 is 23.3 Å². The van der Waals surface area contributed by atoms with E-state index in [1.54, 1.807) is 23.5 Å². The van der Waals surface area contributed by atoms with Crippen molar-refractivity contribution in [2.75, 3.05) is 6.54 Å². The lowest BCUT2D eigenvalue weighted by Crippen LogP contribution is -2.36. The molecule has 1 aliphatic heterocycles. The van der Waals surface area contributed by atoms with Crippen molar-refractivity contribution < 1.29 is 4.79 Å². The number of amides is 1. The summed E-state index contributed by atoms with van der Waals surface area (Å²) in [6.07, 6.45) is 7.26. The first-order valence-corrected chi connectivity index (χ1v) is 10.2. The van der Waals surface area contributed by atoms with Gasteiger partial charge < -0.3 is 5.32 Å². The van der Waals surface area contributed by atoms with Crippen LogP contribution in [0.5, 0.6) is 0 Å². The van der Waals surface area contributed by atoms with E-state index in [0.29, 0.717) is 12.6 Å². The molecule has 2 heterocycles. The molecule has 0 aliphatic carbocycles. The summed E-state index contributed by atoms with van der Waals surface area (Å²) in [5, 5.41) is 5.87. The van der Waals surface area contributed by atoms with Gasteiger partial charge in [0.05, 0.1) is 10.7 Å². The van der Waals surface area contributed by atoms with Crippen molar-refractivity contribution in [2.24, 2.45) is 0 Å². The van der Waals surface area contributed by atoms with E-state index in [4.69, 9.17) is 0 Å². The third-order valence-corrected chi connectivity index (χ3v) is 5.65. The quantitative estimate of drug-likeness (QED) is 0.778. The first kappa shape index (κ1) is 18.8. The van der Waals surface area contributed by atoms with E-state index >= 15 is 0 Å². The lowest BCUT2D eigenvalue weighted by atomic mass is 10.0. The topological polar surface area (TPSA) is 45.2 Å². The Bertz CT molecular complexity index is 751. The maximum atomic E-state index is 11.9. The Kier molecular flexibility index (Phi) is 6.58. The number of carbonyl (C=O) groups is 1. The van der Waals surface area contributed by atoms with Crippen LogP contribution in [-0.4, -0.2) is 28.4 Å². The van der Waals surface area contributed by atoms with Gasteiger partial charge in [-0.25, -0.2) is 4.98 Å². The molecule has 1 atom stereocenters. The van der Waals surface area contributed by atoms with E-state index in [-0.39, 0.29) is 5.91 Å². The number of carbonyl (C=O) groups excluding carboxylic acids is 1. The van der Waals surface area contributed by atoms with Gasteiger partial charge in [0.2, 0.25) is 5.91 Å². The zero-order valence-corrected chi connectivity index (χ0v) is 16.4. The maximum absolute atomic E-state index is 11.9. The van der Waals surface area contributed by atoms with E-state index in [1.807, 2.05) is 12.3 Å². The highest BCUT2D eigenvalue weighted by atomic mass is 32.1. The van der Waals surface area contributed by atoms with Crippen molar-refractivity contribution in [3.63, 3.8) is 0 Å². The highest BCUT2D eigenvalue weighted by Gasteiger charge is 2.17. The van der Waals surface area contributed by atoms with Crippen LogP contribution in [0, 0.1) is 6.92 Å². The number of aryl methyl sites for hydroxylation is 1. The fourth-order valence-corrected chi connectivity index (χ4v) is 3.84. The summed E-state index contributed by atoms with van der Waals surface area (Å²) in [6.45, 7) is 7.04. The van der Waals surface area contributed by atoms with Crippen molar-refractivity contribution in [3.05, 3.63) is 57.6 Å². The molecule has 4 nitrogen and oxygen atoms in total. The Morgan fingerprint density at radius 2 is 2.08 bits per heavy atom. The number of benzene rings is 1. The lowest BCUT2D eigenvalue weighted by Gasteiger charge is -2.33. The summed E-state index contributed by atoms with van der Waals surface area (Å²) < 4.78 is 0. The van der Waals surface area contributed by atoms with Crippen LogP contribution in [0.2, 0.25) is 0 Å². The summed E-state index contributed by atoms with van der Waals surface area (Å²) in [5.41, 5.74) is 3.29. The van der Waals surface area contributed by atoms with Crippen LogP contribution in [0.4, 0.5) is 0 Å². The number of aromatic nitrogens is 1. The number of piperidine rings is 1. The third kappa shape index (κ3) is 5.51. The Morgan fingerprint density at radius 1 is 1.31 bits per heavy atom. The molecular formula is C21H27N3OS. The van der Waals surface area contributed by atoms with Crippen molar-refractivity contribution in [1.82, 2.24) is 15.2 Å². The zero-order valence-electron chi connectivity index (χ0n) is 15.6. The SMILES string of the molecule is Cc1nc(C=CC(=O)NCc2ccc(CN3CCCCC3C)cc2)cs1. The summed E-state index contributed by atoms with van der Waals surface area (Å²) in [5.74, 6) is -0.0955. The fourth-order valence-electron chi connectivity index (χ4n) is 3.26. The van der Waals surface area contributed by atoms with Gasteiger partial charge in [0.1, 0.15) is 0 Å². The fraction of sp³-hybridized carbons (Fsp3) is 0.429. The lowest BCUT2D eigenvalue weighted by molar-refractivity contribution is -0.116. The van der Waals surface area contributed by atoms with Crippen molar-refractivity contribution in [1.29, 1.82) is 0 Å². The van der Waals surface area contributed by atoms with Gasteiger partial charge in [0.25, 0.3) is 0 Å². The second kappa shape index (κ2) is 9.10. The highest BCUT2D eigenvalue weighted by molar-refractivity contribution is 7.09. The molecule has 0 spiro atoms. The van der Waals surface area contributed by atoms with E-state index in [9.17, 15) is 4.79 Å². The van der Waals surface area contributed by atoms with Gasteiger partial charge in [-0.3, -0.25) is 9.69 Å². The van der Waals surface area contributed by atoms with E-state index < -0.39 is 0 Å². The molecule has 1 unspecified atom stereocenters. The number of rotatable bonds is 6. The number of hydrogen-bond acceptors (Lipinski definition) is 4. The smallest absolute Gasteiger partial charge is 0.244 e. The van der Waals surface area contributed by atoms with E-state index in [1.165, 1.54) is 31.4 Å². The molecule has 1 aliphatic rings. The predicted molar refractivity (Wildman–Crippen MR) is 108 cm³/mol. The molecule has 1 N–H and O–H groups in total. The van der Waals surface area contributed by atoms with Crippen LogP contribution in [0.3, 0.4) is 0 Å². The van der Waals surface area contributed by atoms with Gasteiger partial charge in [0.15, 0.2) is 0 Å². The molecule has 1 aromatic heterocycles. The number of nitrogens with zero attached hydrogens (tertiary/aromatic N) is 2. The van der Waals surface area contributed by atoms with E-state index in [0.717, 1.165) is 22.8 Å². The molecule has 1 amide bonds. The van der Waals surface area contributed by atoms with Crippen LogP contribution in [-0.2, 0) is 17.9 Å². The van der Waals surface area contributed by atoms with Crippen LogP contribution in [0.1, 0.15) is 48.0 Å². The molecular weight excluding hydrogens is 342 g/mol. The molecule has 0 saturated carbocycles. The zero-order chi connectivity index (χ0) is 18.4. The van der Waals surface area contributed by atoms with Gasteiger partial charge in [-0.15, -0.1) is 11.3 Å². The van der Waals surface area contributed by atoms with Crippen LogP contribution in [0.25, 0.3) is 6.08 Å². The molecule has 5 heteroatoms. The third-order valence-electron chi connectivity index (χ3n) is 4.86. The predicted octanol–water partition coefficient (Wildman–Crippen LogP) is 4.16. The second-order valence-corrected chi connectivity index (χ2v) is 8.04. The van der Waals surface area contributed by atoms with Crippen molar-refractivity contribution in [2.45, 2.75) is 52.2 Å². The largest absolute Gasteiger partial charge is 0.348 e. The molecule has 1 saturated heterocycles. The molecule has 1 fully saturated rings. The molecule has 26 heavy (non-hydrogen) atoms. The Hall–Kier alpha value is -1.98. The van der Waals surface area contributed by atoms with Gasteiger partial charge in [-0.2, -0.15) is 0 Å².